The maximum absolute atomic E-state index is 7.20. The Kier molecular flexibility index (Phi) is 7.44. The Bertz CT molecular complexity index is 1100. The van der Waals surface area contributed by atoms with E-state index < -0.39 is 18.1 Å². The summed E-state index contributed by atoms with van der Waals surface area (Å²) in [6.07, 6.45) is 0. The number of rotatable bonds is 8. The monoisotopic (exact) mass is 468 g/mol. The van der Waals surface area contributed by atoms with Crippen LogP contribution in [0.1, 0.15) is 11.1 Å². The molecule has 0 saturated carbocycles. The molecule has 4 aromatic carbocycles. The van der Waals surface area contributed by atoms with Gasteiger partial charge < -0.3 is 13.6 Å². The van der Waals surface area contributed by atoms with E-state index in [1.165, 1.54) is 21.5 Å². The molecule has 0 aliphatic heterocycles. The first-order chi connectivity index (χ1) is 16.1. The van der Waals surface area contributed by atoms with Crippen molar-refractivity contribution in [3.63, 3.8) is 0 Å². The van der Waals surface area contributed by atoms with Gasteiger partial charge in [0.25, 0.3) is 18.1 Å². The van der Waals surface area contributed by atoms with Crippen LogP contribution in [0.3, 0.4) is 0 Å². The topological polar surface area (TPSA) is 27.7 Å². The average Bonchev–Trinajstić information content (AvgIpc) is 2.86. The van der Waals surface area contributed by atoms with Gasteiger partial charge in [-0.3, -0.25) is 0 Å². The van der Waals surface area contributed by atoms with Gasteiger partial charge in [0.2, 0.25) is 0 Å². The van der Waals surface area contributed by atoms with Crippen LogP contribution in [0.2, 0.25) is 0 Å². The first kappa shape index (κ1) is 23.0. The highest BCUT2D eigenvalue weighted by atomic mass is 28.4. The van der Waals surface area contributed by atoms with Crippen LogP contribution in [0.25, 0.3) is 0 Å². The third kappa shape index (κ3) is 5.27. The maximum atomic E-state index is 7.20. The minimum absolute atomic E-state index is 0.873. The van der Waals surface area contributed by atoms with E-state index in [1.807, 2.05) is 12.1 Å². The van der Waals surface area contributed by atoms with Crippen LogP contribution in [0.15, 0.2) is 97.1 Å². The molecule has 0 aromatic heterocycles. The van der Waals surface area contributed by atoms with Gasteiger partial charge in [0, 0.05) is 10.4 Å². The first-order valence-corrected chi connectivity index (χ1v) is 13.7. The molecule has 0 unspecified atom stereocenters. The molecule has 4 rings (SSSR count). The summed E-state index contributed by atoms with van der Waals surface area (Å²) in [7, 11) is 0.220. The van der Waals surface area contributed by atoms with Gasteiger partial charge in [0.05, 0.1) is 14.2 Å². The summed E-state index contributed by atoms with van der Waals surface area (Å²) in [6, 6.07) is 33.8. The molecular weight excluding hydrogens is 440 g/mol. The predicted octanol–water partition coefficient (Wildman–Crippen LogP) is 3.25. The van der Waals surface area contributed by atoms with Crippen LogP contribution in [-0.4, -0.2) is 32.3 Å². The molecule has 0 spiro atoms. The third-order valence-corrected chi connectivity index (χ3v) is 10.6. The van der Waals surface area contributed by atoms with Gasteiger partial charge in [0.15, 0.2) is 0 Å². The number of aryl methyl sites for hydroxylation is 2. The van der Waals surface area contributed by atoms with Gasteiger partial charge in [-0.1, -0.05) is 84.9 Å². The normalized spacial score (nSPS) is 11.1. The predicted molar refractivity (Wildman–Crippen MR) is 139 cm³/mol. The first-order valence-electron chi connectivity index (χ1n) is 10.9. The number of hydrogen-bond acceptors (Lipinski definition) is 3. The molecule has 2 radical (unpaired) electrons. The molecule has 0 bridgehead atoms. The molecule has 0 aliphatic carbocycles. The summed E-state index contributed by atoms with van der Waals surface area (Å²) in [5, 5.41) is 4.61. The molecule has 5 heteroatoms. The summed E-state index contributed by atoms with van der Waals surface area (Å²) in [6.45, 7) is 4.16. The van der Waals surface area contributed by atoms with E-state index in [4.69, 9.17) is 13.6 Å². The van der Waals surface area contributed by atoms with Gasteiger partial charge in [-0.2, -0.15) is 0 Å². The van der Waals surface area contributed by atoms with Crippen LogP contribution in [0, 0.1) is 13.8 Å². The lowest BCUT2D eigenvalue weighted by Crippen LogP contribution is -2.56. The molecular formula is C28H28O3Si2. The van der Waals surface area contributed by atoms with Crippen molar-refractivity contribution >= 4 is 38.8 Å². The summed E-state index contributed by atoms with van der Waals surface area (Å²) in [5.41, 5.74) is 2.33. The number of ether oxygens (including phenoxy) is 2. The molecule has 33 heavy (non-hydrogen) atoms. The highest BCUT2D eigenvalue weighted by Gasteiger charge is 2.31. The number of benzene rings is 4. The van der Waals surface area contributed by atoms with E-state index >= 15 is 0 Å². The van der Waals surface area contributed by atoms with Crippen molar-refractivity contribution < 1.29 is 13.6 Å². The van der Waals surface area contributed by atoms with Crippen LogP contribution >= 0.6 is 0 Å². The van der Waals surface area contributed by atoms with Crippen molar-refractivity contribution in [3.8, 4) is 11.5 Å². The van der Waals surface area contributed by atoms with Crippen molar-refractivity contribution in [2.45, 2.75) is 13.8 Å². The zero-order valence-electron chi connectivity index (χ0n) is 19.5. The number of hydrogen-bond donors (Lipinski definition) is 0. The van der Waals surface area contributed by atoms with Crippen molar-refractivity contribution in [3.05, 3.63) is 108 Å². The van der Waals surface area contributed by atoms with Crippen LogP contribution in [-0.2, 0) is 4.12 Å². The lowest BCUT2D eigenvalue weighted by molar-refractivity contribution is 0.416. The molecule has 4 aromatic rings. The lowest BCUT2D eigenvalue weighted by atomic mass is 10.2. The van der Waals surface area contributed by atoms with E-state index in [2.05, 4.69) is 98.8 Å². The van der Waals surface area contributed by atoms with Gasteiger partial charge >= 0.3 is 0 Å². The molecule has 0 aliphatic rings. The molecule has 0 fully saturated rings. The Morgan fingerprint density at radius 1 is 0.515 bits per heavy atom. The second-order valence-electron chi connectivity index (χ2n) is 7.90. The Balaban J connectivity index is 1.87. The highest BCUT2D eigenvalue weighted by molar-refractivity contribution is 6.92. The van der Waals surface area contributed by atoms with Crippen molar-refractivity contribution in [2.24, 2.45) is 0 Å². The Labute approximate surface area is 200 Å². The second kappa shape index (κ2) is 10.7. The van der Waals surface area contributed by atoms with Gasteiger partial charge in [0.1, 0.15) is 11.5 Å². The fourth-order valence-electron chi connectivity index (χ4n) is 3.79. The minimum atomic E-state index is -1.62. The second-order valence-corrected chi connectivity index (χ2v) is 12.3. The standard InChI is InChI=1S/C28H28O3Si2/c1-21-15-17-27(25(19-21)29-3)32(23-11-7-5-8-12-23)31-33(24-13-9-6-10-14-24)28-18-16-22(2)20-26(28)30-4/h5-20H,1-4H3. The molecule has 166 valence electrons. The van der Waals surface area contributed by atoms with Crippen LogP contribution in [0.4, 0.5) is 0 Å². The van der Waals surface area contributed by atoms with Gasteiger partial charge in [-0.25, -0.2) is 0 Å². The smallest absolute Gasteiger partial charge is 0.276 e. The number of methoxy groups -OCH3 is 2. The van der Waals surface area contributed by atoms with Crippen molar-refractivity contribution in [1.29, 1.82) is 0 Å². The zero-order valence-corrected chi connectivity index (χ0v) is 21.5. The molecule has 3 nitrogen and oxygen atoms in total. The Hall–Kier alpha value is -3.13. The van der Waals surface area contributed by atoms with Gasteiger partial charge in [-0.15, -0.1) is 0 Å². The van der Waals surface area contributed by atoms with Crippen LogP contribution < -0.4 is 30.2 Å². The fourth-order valence-corrected chi connectivity index (χ4v) is 9.31. The Morgan fingerprint density at radius 3 is 1.27 bits per heavy atom. The highest BCUT2D eigenvalue weighted by Crippen LogP contribution is 2.15. The van der Waals surface area contributed by atoms with Crippen LogP contribution in [0.5, 0.6) is 11.5 Å². The van der Waals surface area contributed by atoms with E-state index in [9.17, 15) is 0 Å². The van der Waals surface area contributed by atoms with E-state index in [0.717, 1.165) is 21.9 Å². The molecule has 0 saturated heterocycles. The molecule has 0 atom stereocenters. The summed E-state index contributed by atoms with van der Waals surface area (Å²) in [4.78, 5) is 0. The largest absolute Gasteiger partial charge is 0.497 e. The fraction of sp³-hybridized carbons (Fsp3) is 0.143. The molecule has 0 amide bonds. The van der Waals surface area contributed by atoms with Crippen molar-refractivity contribution in [2.75, 3.05) is 14.2 Å². The summed E-state index contributed by atoms with van der Waals surface area (Å²) < 4.78 is 18.8. The summed E-state index contributed by atoms with van der Waals surface area (Å²) >= 11 is 0. The van der Waals surface area contributed by atoms with E-state index in [0.29, 0.717) is 0 Å². The quantitative estimate of drug-likeness (QED) is 0.372. The van der Waals surface area contributed by atoms with E-state index in [1.54, 1.807) is 14.2 Å². The average molecular weight is 469 g/mol. The zero-order chi connectivity index (χ0) is 23.2. The molecule has 0 N–H and O–H groups in total. The minimum Gasteiger partial charge on any atom is -0.497 e. The Morgan fingerprint density at radius 2 is 0.909 bits per heavy atom. The van der Waals surface area contributed by atoms with E-state index in [-0.39, 0.29) is 0 Å². The SMILES string of the molecule is COc1cc(C)ccc1[Si](O[Si](c1ccccc1)c1ccc(C)cc1OC)c1ccccc1. The third-order valence-electron chi connectivity index (χ3n) is 5.48. The maximum Gasteiger partial charge on any atom is 0.276 e. The van der Waals surface area contributed by atoms with Crippen molar-refractivity contribution in [1.82, 2.24) is 0 Å². The van der Waals surface area contributed by atoms with Gasteiger partial charge in [-0.05, 0) is 47.5 Å². The lowest BCUT2D eigenvalue weighted by Gasteiger charge is -2.26. The molecule has 0 heterocycles. The summed E-state index contributed by atoms with van der Waals surface area (Å²) in [5.74, 6) is 1.75.